The van der Waals surface area contributed by atoms with Crippen molar-refractivity contribution in [2.24, 2.45) is 0 Å². The molecule has 0 unspecified atom stereocenters. The number of carbonyl (C=O) groups is 1. The van der Waals surface area contributed by atoms with Crippen molar-refractivity contribution in [2.75, 3.05) is 24.3 Å². The Morgan fingerprint density at radius 1 is 1.38 bits per heavy atom. The van der Waals surface area contributed by atoms with Gasteiger partial charge in [-0.1, -0.05) is 0 Å². The van der Waals surface area contributed by atoms with Crippen molar-refractivity contribution in [3.8, 4) is 5.75 Å². The number of rotatable bonds is 1. The summed E-state index contributed by atoms with van der Waals surface area (Å²) in [5, 5.41) is 10.9. The van der Waals surface area contributed by atoms with Crippen molar-refractivity contribution in [3.05, 3.63) is 23.9 Å². The number of aliphatic hydroxyl groups is 1. The summed E-state index contributed by atoms with van der Waals surface area (Å²) >= 11 is 0. The van der Waals surface area contributed by atoms with E-state index in [1.165, 1.54) is 0 Å². The van der Waals surface area contributed by atoms with Crippen molar-refractivity contribution in [3.63, 3.8) is 0 Å². The zero-order valence-electron chi connectivity index (χ0n) is 12.2. The van der Waals surface area contributed by atoms with Crippen LogP contribution in [0.3, 0.4) is 0 Å². The average Bonchev–Trinajstić information content (AvgIpc) is 2.40. The van der Waals surface area contributed by atoms with Crippen LogP contribution in [0.25, 0.3) is 10.9 Å². The molecule has 0 aliphatic carbocycles. The minimum atomic E-state index is -1.13. The number of nitrogens with two attached hydrogens (primary N) is 1. The van der Waals surface area contributed by atoms with Gasteiger partial charge in [0.25, 0.3) is 5.91 Å². The summed E-state index contributed by atoms with van der Waals surface area (Å²) in [4.78, 5) is 17.7. The number of pyridine rings is 1. The summed E-state index contributed by atoms with van der Waals surface area (Å²) in [5.74, 6) is 0.516. The number of amides is 1. The molecule has 0 spiro atoms. The molecule has 6 nitrogen and oxygen atoms in total. The molecule has 1 aliphatic rings. The van der Waals surface area contributed by atoms with Crippen LogP contribution in [0.1, 0.15) is 19.5 Å². The van der Waals surface area contributed by atoms with Crippen molar-refractivity contribution < 1.29 is 14.6 Å². The van der Waals surface area contributed by atoms with E-state index in [0.717, 1.165) is 5.39 Å². The van der Waals surface area contributed by atoms with Gasteiger partial charge in [0, 0.05) is 12.4 Å². The minimum Gasteiger partial charge on any atom is -0.482 e. The highest BCUT2D eigenvalue weighted by Crippen LogP contribution is 2.36. The number of hydrogen-bond donors (Lipinski definition) is 2. The summed E-state index contributed by atoms with van der Waals surface area (Å²) in [5.41, 5.74) is 7.00. The first-order chi connectivity index (χ1) is 9.77. The molecule has 0 bridgehead atoms. The van der Waals surface area contributed by atoms with E-state index in [4.69, 9.17) is 10.5 Å². The third-order valence-electron chi connectivity index (χ3n) is 3.59. The molecule has 2 heterocycles. The molecule has 6 heteroatoms. The maximum atomic E-state index is 11.7. The highest BCUT2D eigenvalue weighted by Gasteiger charge is 2.25. The van der Waals surface area contributed by atoms with Gasteiger partial charge in [0.15, 0.2) is 6.61 Å². The van der Waals surface area contributed by atoms with Crippen molar-refractivity contribution in [1.82, 2.24) is 4.98 Å². The molecule has 0 saturated carbocycles. The fourth-order valence-electron chi connectivity index (χ4n) is 2.44. The molecule has 21 heavy (non-hydrogen) atoms. The molecule has 3 N–H and O–H groups in total. The van der Waals surface area contributed by atoms with Crippen LogP contribution >= 0.6 is 0 Å². The van der Waals surface area contributed by atoms with Gasteiger partial charge in [0.2, 0.25) is 0 Å². The number of likely N-dealkylation sites (N-methyl/N-ethyl adjacent to an activating group) is 1. The standard InChI is InChI=1S/C15H17N3O3/c1-15(2,20)14-9(16)4-8-5-12-11(6-10(8)17-14)18(3)13(19)7-21-12/h4-6,20H,7,16H2,1-3H3. The van der Waals surface area contributed by atoms with E-state index in [-0.39, 0.29) is 12.5 Å². The second-order valence-corrected chi connectivity index (χ2v) is 5.74. The minimum absolute atomic E-state index is 0.0275. The lowest BCUT2D eigenvalue weighted by atomic mass is 10.0. The molecule has 1 amide bonds. The Morgan fingerprint density at radius 2 is 2.10 bits per heavy atom. The number of aromatic nitrogens is 1. The molecule has 1 aromatic carbocycles. The van der Waals surface area contributed by atoms with Crippen LogP contribution in [0.4, 0.5) is 11.4 Å². The van der Waals surface area contributed by atoms with Gasteiger partial charge in [-0.3, -0.25) is 4.79 Å². The van der Waals surface area contributed by atoms with E-state index in [9.17, 15) is 9.90 Å². The van der Waals surface area contributed by atoms with Crippen LogP contribution in [0.2, 0.25) is 0 Å². The Bertz CT molecular complexity index is 750. The Balaban J connectivity index is 2.25. The molecule has 0 saturated heterocycles. The van der Waals surface area contributed by atoms with Crippen LogP contribution in [0.15, 0.2) is 18.2 Å². The maximum absolute atomic E-state index is 11.7. The number of ether oxygens (including phenoxy) is 1. The van der Waals surface area contributed by atoms with Crippen LogP contribution in [0.5, 0.6) is 5.75 Å². The summed E-state index contributed by atoms with van der Waals surface area (Å²) in [7, 11) is 1.70. The Labute approximate surface area is 122 Å². The molecule has 110 valence electrons. The van der Waals surface area contributed by atoms with E-state index < -0.39 is 5.60 Å². The van der Waals surface area contributed by atoms with Gasteiger partial charge >= 0.3 is 0 Å². The Morgan fingerprint density at radius 3 is 2.76 bits per heavy atom. The molecule has 3 rings (SSSR count). The predicted molar refractivity (Wildman–Crippen MR) is 80.3 cm³/mol. The lowest BCUT2D eigenvalue weighted by molar-refractivity contribution is -0.120. The van der Waals surface area contributed by atoms with Crippen LogP contribution < -0.4 is 15.4 Å². The maximum Gasteiger partial charge on any atom is 0.264 e. The molecule has 1 aromatic heterocycles. The molecule has 0 fully saturated rings. The van der Waals surface area contributed by atoms with Crippen molar-refractivity contribution >= 4 is 28.2 Å². The number of benzene rings is 1. The van der Waals surface area contributed by atoms with Gasteiger partial charge in [-0.2, -0.15) is 0 Å². The van der Waals surface area contributed by atoms with E-state index in [1.54, 1.807) is 37.9 Å². The summed E-state index contributed by atoms with van der Waals surface area (Å²) < 4.78 is 5.44. The molecule has 2 aromatic rings. The number of fused-ring (bicyclic) bond motifs is 2. The first-order valence-electron chi connectivity index (χ1n) is 6.64. The van der Waals surface area contributed by atoms with Gasteiger partial charge in [-0.15, -0.1) is 0 Å². The Kier molecular flexibility index (Phi) is 2.81. The van der Waals surface area contributed by atoms with E-state index in [1.807, 2.05) is 6.07 Å². The zero-order chi connectivity index (χ0) is 15.4. The van der Waals surface area contributed by atoms with Gasteiger partial charge in [-0.25, -0.2) is 4.98 Å². The van der Waals surface area contributed by atoms with Gasteiger partial charge < -0.3 is 20.5 Å². The van der Waals surface area contributed by atoms with E-state index in [0.29, 0.717) is 28.3 Å². The zero-order valence-corrected chi connectivity index (χ0v) is 12.2. The van der Waals surface area contributed by atoms with Crippen LogP contribution in [0, 0.1) is 0 Å². The number of anilines is 2. The number of hydrogen-bond acceptors (Lipinski definition) is 5. The second kappa shape index (κ2) is 4.33. The molecule has 0 radical (unpaired) electrons. The molecular formula is C15H17N3O3. The van der Waals surface area contributed by atoms with Gasteiger partial charge in [0.1, 0.15) is 11.4 Å². The predicted octanol–water partition coefficient (Wildman–Crippen LogP) is 1.40. The van der Waals surface area contributed by atoms with Gasteiger partial charge in [-0.05, 0) is 32.0 Å². The smallest absolute Gasteiger partial charge is 0.264 e. The Hall–Kier alpha value is -2.34. The van der Waals surface area contributed by atoms with E-state index in [2.05, 4.69) is 4.98 Å². The van der Waals surface area contributed by atoms with Crippen molar-refractivity contribution in [2.45, 2.75) is 19.4 Å². The molecule has 1 aliphatic heterocycles. The lowest BCUT2D eigenvalue weighted by Crippen LogP contribution is -2.35. The van der Waals surface area contributed by atoms with Crippen LogP contribution in [-0.2, 0) is 10.4 Å². The lowest BCUT2D eigenvalue weighted by Gasteiger charge is -2.26. The topological polar surface area (TPSA) is 88.7 Å². The first-order valence-corrected chi connectivity index (χ1v) is 6.64. The van der Waals surface area contributed by atoms with E-state index >= 15 is 0 Å². The fraction of sp³-hybridized carbons (Fsp3) is 0.333. The normalized spacial score (nSPS) is 15.0. The molecular weight excluding hydrogens is 270 g/mol. The quantitative estimate of drug-likeness (QED) is 0.827. The van der Waals surface area contributed by atoms with Crippen LogP contribution in [-0.4, -0.2) is 29.7 Å². The van der Waals surface area contributed by atoms with Gasteiger partial charge in [0.05, 0.1) is 22.6 Å². The SMILES string of the molecule is CN1C(=O)COc2cc3cc(N)c(C(C)(C)O)nc3cc21. The number of nitrogens with zero attached hydrogens (tertiary/aromatic N) is 2. The molecule has 0 atom stereocenters. The highest BCUT2D eigenvalue weighted by molar-refractivity contribution is 6.00. The van der Waals surface area contributed by atoms with Crippen molar-refractivity contribution in [1.29, 1.82) is 0 Å². The third-order valence-corrected chi connectivity index (χ3v) is 3.59. The second-order valence-electron chi connectivity index (χ2n) is 5.74. The largest absolute Gasteiger partial charge is 0.482 e. The number of nitrogen functional groups attached to an aromatic ring is 1. The third kappa shape index (κ3) is 2.17. The monoisotopic (exact) mass is 287 g/mol. The highest BCUT2D eigenvalue weighted by atomic mass is 16.5. The average molecular weight is 287 g/mol. The summed E-state index contributed by atoms with van der Waals surface area (Å²) in [6.07, 6.45) is 0. The first kappa shape index (κ1) is 13.6. The fourth-order valence-corrected chi connectivity index (χ4v) is 2.44. The number of carbonyl (C=O) groups excluding carboxylic acids is 1. The summed E-state index contributed by atoms with van der Waals surface area (Å²) in [6.45, 7) is 3.29. The summed E-state index contributed by atoms with van der Waals surface area (Å²) in [6, 6.07) is 5.34.